The average molecular weight is 505 g/mol. The van der Waals surface area contributed by atoms with Gasteiger partial charge in [0, 0.05) is 13.0 Å². The molecule has 0 spiro atoms. The molecule has 0 aliphatic heterocycles. The van der Waals surface area contributed by atoms with Crippen molar-refractivity contribution in [2.24, 2.45) is 27.9 Å². The van der Waals surface area contributed by atoms with E-state index in [1.165, 1.54) is 18.7 Å². The summed E-state index contributed by atoms with van der Waals surface area (Å²) < 4.78 is 0. The van der Waals surface area contributed by atoms with Crippen LogP contribution in [0, 0.1) is 0 Å². The highest BCUT2D eigenvalue weighted by Gasteiger charge is 2.29. The number of hydrogen-bond donors (Lipinski definition) is 8. The summed E-state index contributed by atoms with van der Waals surface area (Å²) in [4.78, 5) is 64.0. The number of nitrogens with zero attached hydrogens (tertiary/aromatic N) is 1. The van der Waals surface area contributed by atoms with Crippen LogP contribution in [0.2, 0.25) is 0 Å². The lowest BCUT2D eigenvalue weighted by Crippen LogP contribution is -2.57. The van der Waals surface area contributed by atoms with Crippen LogP contribution < -0.4 is 38.9 Å². The first-order valence-corrected chi connectivity index (χ1v) is 12.0. The first-order valence-electron chi connectivity index (χ1n) is 10.6. The molecule has 0 saturated carbocycles. The molecule has 0 radical (unpaired) electrons. The van der Waals surface area contributed by atoms with Gasteiger partial charge in [-0.15, -0.1) is 0 Å². The number of hydrogen-bond acceptors (Lipinski definition) is 8. The smallest absolute Gasteiger partial charge is 0.325 e. The summed E-state index contributed by atoms with van der Waals surface area (Å²) in [5.41, 5.74) is 21.6. The third kappa shape index (κ3) is 13.5. The van der Waals surface area contributed by atoms with Gasteiger partial charge in [0.15, 0.2) is 5.96 Å². The highest BCUT2D eigenvalue weighted by Crippen LogP contribution is 2.05. The molecular formula is C19H36N8O6S. The van der Waals surface area contributed by atoms with Crippen molar-refractivity contribution in [3.63, 3.8) is 0 Å². The fourth-order valence-electron chi connectivity index (χ4n) is 2.63. The predicted molar refractivity (Wildman–Crippen MR) is 128 cm³/mol. The largest absolute Gasteiger partial charge is 0.480 e. The number of guanidine groups is 1. The number of aliphatic imine (C=N–C) groups is 1. The molecule has 34 heavy (non-hydrogen) atoms. The number of aliphatic carboxylic acids is 1. The van der Waals surface area contributed by atoms with E-state index in [4.69, 9.17) is 28.0 Å². The van der Waals surface area contributed by atoms with Crippen LogP contribution in [0.5, 0.6) is 0 Å². The molecule has 0 aromatic heterocycles. The van der Waals surface area contributed by atoms with Crippen molar-refractivity contribution in [3.05, 3.63) is 0 Å². The average Bonchev–Trinajstić information content (AvgIpc) is 2.75. The Hall–Kier alpha value is -3.07. The van der Waals surface area contributed by atoms with E-state index >= 15 is 0 Å². The van der Waals surface area contributed by atoms with Crippen molar-refractivity contribution in [1.29, 1.82) is 0 Å². The molecule has 4 atom stereocenters. The highest BCUT2D eigenvalue weighted by atomic mass is 32.2. The van der Waals surface area contributed by atoms with Crippen LogP contribution in [0.4, 0.5) is 0 Å². The Balaban J connectivity index is 5.46. The van der Waals surface area contributed by atoms with Crippen molar-refractivity contribution < 1.29 is 29.1 Å². The number of thioether (sulfide) groups is 1. The molecule has 0 bridgehead atoms. The molecule has 0 saturated heterocycles. The number of nitrogens with one attached hydrogen (secondary N) is 3. The van der Waals surface area contributed by atoms with Gasteiger partial charge in [-0.1, -0.05) is 0 Å². The van der Waals surface area contributed by atoms with Gasteiger partial charge in [0.2, 0.25) is 23.6 Å². The summed E-state index contributed by atoms with van der Waals surface area (Å²) in [6, 6.07) is -4.41. The van der Waals surface area contributed by atoms with E-state index in [0.29, 0.717) is 12.2 Å². The van der Waals surface area contributed by atoms with Crippen LogP contribution in [0.15, 0.2) is 4.99 Å². The number of carbonyl (C=O) groups is 5. The summed E-state index contributed by atoms with van der Waals surface area (Å²) in [5, 5.41) is 16.3. The molecule has 0 aromatic carbocycles. The normalized spacial score (nSPS) is 14.1. The van der Waals surface area contributed by atoms with Crippen LogP contribution in [-0.4, -0.2) is 83.4 Å². The van der Waals surface area contributed by atoms with E-state index in [9.17, 15) is 24.0 Å². The number of carbonyl (C=O) groups excluding carboxylic acids is 4. The minimum atomic E-state index is -1.26. The molecule has 15 heteroatoms. The third-order valence-electron chi connectivity index (χ3n) is 4.59. The molecular weight excluding hydrogens is 468 g/mol. The summed E-state index contributed by atoms with van der Waals surface area (Å²) in [7, 11) is 0. The Morgan fingerprint density at radius 3 is 2.00 bits per heavy atom. The second-order valence-electron chi connectivity index (χ2n) is 7.53. The Labute approximate surface area is 202 Å². The van der Waals surface area contributed by atoms with Gasteiger partial charge in [-0.05, 0) is 44.6 Å². The first-order chi connectivity index (χ1) is 15.9. The van der Waals surface area contributed by atoms with Crippen LogP contribution in [0.1, 0.15) is 39.0 Å². The lowest BCUT2D eigenvalue weighted by Gasteiger charge is -2.24. The second kappa shape index (κ2) is 16.5. The van der Waals surface area contributed by atoms with Crippen LogP contribution in [0.25, 0.3) is 0 Å². The van der Waals surface area contributed by atoms with Gasteiger partial charge in [-0.25, -0.2) is 0 Å². The van der Waals surface area contributed by atoms with Gasteiger partial charge in [-0.3, -0.25) is 29.0 Å². The molecule has 0 aliphatic rings. The highest BCUT2D eigenvalue weighted by molar-refractivity contribution is 7.98. The molecule has 4 unspecified atom stereocenters. The number of amides is 4. The molecule has 0 heterocycles. The third-order valence-corrected chi connectivity index (χ3v) is 5.23. The lowest BCUT2D eigenvalue weighted by molar-refractivity contribution is -0.141. The molecule has 0 rings (SSSR count). The maximum Gasteiger partial charge on any atom is 0.325 e. The van der Waals surface area contributed by atoms with Crippen molar-refractivity contribution in [1.82, 2.24) is 16.0 Å². The summed E-state index contributed by atoms with van der Waals surface area (Å²) >= 11 is 1.50. The molecule has 194 valence electrons. The first kappa shape index (κ1) is 30.9. The Morgan fingerprint density at radius 1 is 0.912 bits per heavy atom. The Kier molecular flexibility index (Phi) is 15.0. The molecule has 14 nitrogen and oxygen atoms in total. The maximum atomic E-state index is 12.9. The zero-order valence-corrected chi connectivity index (χ0v) is 20.2. The topological polar surface area (TPSA) is 258 Å². The number of primary amides is 1. The number of rotatable bonds is 17. The van der Waals surface area contributed by atoms with E-state index < -0.39 is 53.8 Å². The molecule has 0 fully saturated rings. The monoisotopic (exact) mass is 504 g/mol. The van der Waals surface area contributed by atoms with E-state index in [2.05, 4.69) is 20.9 Å². The fraction of sp³-hybridized carbons (Fsp3) is 0.684. The van der Waals surface area contributed by atoms with Gasteiger partial charge in [-0.2, -0.15) is 11.8 Å². The zero-order chi connectivity index (χ0) is 26.3. The maximum absolute atomic E-state index is 12.9. The van der Waals surface area contributed by atoms with Crippen molar-refractivity contribution in [3.8, 4) is 0 Å². The van der Waals surface area contributed by atoms with Gasteiger partial charge < -0.3 is 44.0 Å². The number of carboxylic acid groups (broad SMARTS) is 1. The Bertz CT molecular complexity index is 746. The summed E-state index contributed by atoms with van der Waals surface area (Å²) in [6.45, 7) is 1.44. The Morgan fingerprint density at radius 2 is 1.47 bits per heavy atom. The number of carboxylic acids is 1. The second-order valence-corrected chi connectivity index (χ2v) is 8.52. The summed E-state index contributed by atoms with van der Waals surface area (Å²) in [6.07, 6.45) is 2.28. The number of nitrogens with two attached hydrogens (primary N) is 4. The van der Waals surface area contributed by atoms with E-state index in [1.807, 2.05) is 6.26 Å². The lowest BCUT2D eigenvalue weighted by atomic mass is 10.1. The van der Waals surface area contributed by atoms with Gasteiger partial charge in [0.25, 0.3) is 0 Å². The van der Waals surface area contributed by atoms with E-state index in [0.717, 1.165) is 0 Å². The quantitative estimate of drug-likeness (QED) is 0.0563. The van der Waals surface area contributed by atoms with E-state index in [1.54, 1.807) is 0 Å². The fourth-order valence-corrected chi connectivity index (χ4v) is 3.12. The minimum absolute atomic E-state index is 0.0738. The molecule has 0 aromatic rings. The van der Waals surface area contributed by atoms with Crippen molar-refractivity contribution >= 4 is 47.3 Å². The minimum Gasteiger partial charge on any atom is -0.480 e. The standard InChI is InChI=1S/C19H36N8O6S/c1-10(18(32)33)25-16(30)12(4-3-8-24-19(22)23)27-17(31)13(5-6-14(21)28)26-15(29)11(20)7-9-34-2/h10-13H,3-9,20H2,1-2H3,(H2,21,28)(H,25,30)(H,26,29)(H,27,31)(H,32,33)(H4,22,23,24). The van der Waals surface area contributed by atoms with Crippen molar-refractivity contribution in [2.75, 3.05) is 18.6 Å². The van der Waals surface area contributed by atoms with Crippen LogP contribution in [-0.2, 0) is 24.0 Å². The molecule has 0 aliphatic carbocycles. The van der Waals surface area contributed by atoms with Gasteiger partial charge in [0.05, 0.1) is 6.04 Å². The molecule has 12 N–H and O–H groups in total. The SMILES string of the molecule is CSCCC(N)C(=O)NC(CCC(N)=O)C(=O)NC(CCCN=C(N)N)C(=O)NC(C)C(=O)O. The van der Waals surface area contributed by atoms with Gasteiger partial charge in [0.1, 0.15) is 18.1 Å². The van der Waals surface area contributed by atoms with Crippen LogP contribution in [0.3, 0.4) is 0 Å². The van der Waals surface area contributed by atoms with Crippen LogP contribution >= 0.6 is 11.8 Å². The van der Waals surface area contributed by atoms with Crippen molar-refractivity contribution in [2.45, 2.75) is 63.2 Å². The van der Waals surface area contributed by atoms with Gasteiger partial charge >= 0.3 is 5.97 Å². The predicted octanol–water partition coefficient (Wildman–Crippen LogP) is -3.06. The summed E-state index contributed by atoms with van der Waals surface area (Å²) in [5.74, 6) is -3.54. The molecule has 4 amide bonds. The zero-order valence-electron chi connectivity index (χ0n) is 19.4. The van der Waals surface area contributed by atoms with E-state index in [-0.39, 0.29) is 38.2 Å².